The van der Waals surface area contributed by atoms with Crippen LogP contribution in [0.1, 0.15) is 20.7 Å². The number of hydrogen-bond donors (Lipinski definition) is 2. The Labute approximate surface area is 202 Å². The molecule has 1 fully saturated rings. The number of ether oxygens (including phenoxy) is 3. The van der Waals surface area contributed by atoms with Crippen LogP contribution in [0.3, 0.4) is 0 Å². The van der Waals surface area contributed by atoms with Gasteiger partial charge in [-0.25, -0.2) is 19.5 Å². The van der Waals surface area contributed by atoms with E-state index in [-0.39, 0.29) is 27.7 Å². The Bertz CT molecular complexity index is 1010. The molecule has 172 valence electrons. The SMILES string of the molecule is O=C(OC[C@H]1OC(CNO)[C@@H](F)[C@@H]1OC(=O)c1ccc(Cl)cc1Cl)c1ccc(Cl)cc1Cl. The van der Waals surface area contributed by atoms with E-state index in [1.807, 2.05) is 0 Å². The molecule has 0 amide bonds. The summed E-state index contributed by atoms with van der Waals surface area (Å²) < 4.78 is 30.9. The van der Waals surface area contributed by atoms with Gasteiger partial charge < -0.3 is 19.4 Å². The third-order valence-corrected chi connectivity index (χ3v) is 5.70. The largest absolute Gasteiger partial charge is 0.459 e. The predicted octanol–water partition coefficient (Wildman–Crippen LogP) is 4.77. The van der Waals surface area contributed by atoms with Crippen molar-refractivity contribution in [3.63, 3.8) is 0 Å². The molecule has 0 spiro atoms. The lowest BCUT2D eigenvalue weighted by molar-refractivity contribution is -0.0464. The van der Waals surface area contributed by atoms with Crippen molar-refractivity contribution in [2.24, 2.45) is 0 Å². The van der Waals surface area contributed by atoms with Crippen LogP contribution >= 0.6 is 46.4 Å². The first-order chi connectivity index (χ1) is 15.2. The van der Waals surface area contributed by atoms with Gasteiger partial charge in [0, 0.05) is 10.0 Å². The molecule has 0 radical (unpaired) electrons. The summed E-state index contributed by atoms with van der Waals surface area (Å²) in [6.07, 6.45) is -5.59. The normalized spacial score (nSPS) is 22.6. The van der Waals surface area contributed by atoms with Crippen LogP contribution in [0.25, 0.3) is 0 Å². The molecule has 7 nitrogen and oxygen atoms in total. The highest BCUT2D eigenvalue weighted by Gasteiger charge is 2.48. The number of benzene rings is 2. The van der Waals surface area contributed by atoms with Crippen LogP contribution in [0.4, 0.5) is 4.39 Å². The highest BCUT2D eigenvalue weighted by atomic mass is 35.5. The lowest BCUT2D eigenvalue weighted by Gasteiger charge is -2.20. The second kappa shape index (κ2) is 11.0. The first-order valence-electron chi connectivity index (χ1n) is 9.16. The van der Waals surface area contributed by atoms with E-state index in [1.54, 1.807) is 5.48 Å². The molecule has 2 aromatic carbocycles. The van der Waals surface area contributed by atoms with Crippen molar-refractivity contribution < 1.29 is 33.4 Å². The number of esters is 2. The van der Waals surface area contributed by atoms with Crippen molar-refractivity contribution in [3.8, 4) is 0 Å². The molecule has 0 bridgehead atoms. The van der Waals surface area contributed by atoms with Crippen LogP contribution in [-0.4, -0.2) is 54.8 Å². The van der Waals surface area contributed by atoms with E-state index in [2.05, 4.69) is 0 Å². The Kier molecular flexibility index (Phi) is 8.57. The van der Waals surface area contributed by atoms with Gasteiger partial charge in [-0.2, -0.15) is 0 Å². The predicted molar refractivity (Wildman–Crippen MR) is 116 cm³/mol. The Morgan fingerprint density at radius 3 is 2.06 bits per heavy atom. The average Bonchev–Trinajstić information content (AvgIpc) is 3.01. The quantitative estimate of drug-likeness (QED) is 0.396. The molecule has 4 atom stereocenters. The minimum atomic E-state index is -1.83. The van der Waals surface area contributed by atoms with Crippen molar-refractivity contribution in [2.75, 3.05) is 13.2 Å². The van der Waals surface area contributed by atoms with E-state index >= 15 is 0 Å². The number of carbonyl (C=O) groups is 2. The van der Waals surface area contributed by atoms with Crippen LogP contribution in [0.15, 0.2) is 36.4 Å². The van der Waals surface area contributed by atoms with Crippen LogP contribution in [0, 0.1) is 0 Å². The number of carbonyl (C=O) groups excluding carboxylic acids is 2. The summed E-state index contributed by atoms with van der Waals surface area (Å²) >= 11 is 23.6. The molecule has 3 rings (SSSR count). The molecule has 1 saturated heterocycles. The third-order valence-electron chi connectivity index (χ3n) is 4.60. The fourth-order valence-corrected chi connectivity index (χ4v) is 4.02. The summed E-state index contributed by atoms with van der Waals surface area (Å²) in [5.74, 6) is -1.72. The zero-order chi connectivity index (χ0) is 23.4. The maximum Gasteiger partial charge on any atom is 0.340 e. The van der Waals surface area contributed by atoms with Gasteiger partial charge in [0.1, 0.15) is 18.8 Å². The van der Waals surface area contributed by atoms with E-state index < -0.39 is 43.0 Å². The standard InChI is InChI=1S/C20H16Cl4FNO6/c21-9-1-3-11(13(23)5-9)19(27)30-8-16-18(17(25)15(31-16)7-26-29)32-20(28)12-4-2-10(22)6-14(12)24/h1-6,15-18,26,29H,7-8H2/t15?,16-,17-,18-/m1/s1. The number of hydroxylamine groups is 1. The zero-order valence-electron chi connectivity index (χ0n) is 16.1. The van der Waals surface area contributed by atoms with Crippen molar-refractivity contribution >= 4 is 58.3 Å². The second-order valence-corrected chi connectivity index (χ2v) is 8.42. The van der Waals surface area contributed by atoms with Gasteiger partial charge in [0.2, 0.25) is 0 Å². The molecule has 0 aromatic heterocycles. The van der Waals surface area contributed by atoms with Gasteiger partial charge in [-0.05, 0) is 36.4 Å². The Hall–Kier alpha value is -1.65. The van der Waals surface area contributed by atoms with E-state index in [1.165, 1.54) is 36.4 Å². The Morgan fingerprint density at radius 2 is 1.53 bits per heavy atom. The molecule has 2 N–H and O–H groups in total. The summed E-state index contributed by atoms with van der Waals surface area (Å²) in [4.78, 5) is 24.9. The highest BCUT2D eigenvalue weighted by molar-refractivity contribution is 6.37. The van der Waals surface area contributed by atoms with Gasteiger partial charge in [0.05, 0.1) is 27.7 Å². The second-order valence-electron chi connectivity index (χ2n) is 6.74. The minimum Gasteiger partial charge on any atom is -0.459 e. The average molecular weight is 527 g/mol. The molecule has 2 aromatic rings. The van der Waals surface area contributed by atoms with E-state index in [9.17, 15) is 14.0 Å². The van der Waals surface area contributed by atoms with E-state index in [4.69, 9.17) is 65.8 Å². The smallest absolute Gasteiger partial charge is 0.340 e. The number of nitrogens with one attached hydrogen (secondary N) is 1. The Morgan fingerprint density at radius 1 is 0.969 bits per heavy atom. The molecule has 1 unspecified atom stereocenters. The number of rotatable bonds is 7. The van der Waals surface area contributed by atoms with E-state index in [0.717, 1.165) is 0 Å². The number of alkyl halides is 1. The molecule has 32 heavy (non-hydrogen) atoms. The summed E-state index contributed by atoms with van der Waals surface area (Å²) in [5.41, 5.74) is 1.82. The van der Waals surface area contributed by atoms with Crippen molar-refractivity contribution in [1.29, 1.82) is 0 Å². The summed E-state index contributed by atoms with van der Waals surface area (Å²) in [6.45, 7) is -0.739. The Balaban J connectivity index is 1.73. The fourth-order valence-electron chi connectivity index (χ4n) is 3.05. The van der Waals surface area contributed by atoms with Gasteiger partial charge in [-0.15, -0.1) is 0 Å². The van der Waals surface area contributed by atoms with E-state index in [0.29, 0.717) is 10.0 Å². The van der Waals surface area contributed by atoms with Crippen molar-refractivity contribution in [2.45, 2.75) is 24.5 Å². The van der Waals surface area contributed by atoms with Gasteiger partial charge in [0.15, 0.2) is 12.3 Å². The van der Waals surface area contributed by atoms with Gasteiger partial charge >= 0.3 is 11.9 Å². The molecule has 0 aliphatic carbocycles. The summed E-state index contributed by atoms with van der Waals surface area (Å²) in [5, 5.41) is 9.64. The van der Waals surface area contributed by atoms with Crippen LogP contribution < -0.4 is 5.48 Å². The lowest BCUT2D eigenvalue weighted by atomic mass is 10.1. The molecule has 1 heterocycles. The minimum absolute atomic E-state index is 0.0192. The third kappa shape index (κ3) is 5.82. The van der Waals surface area contributed by atoms with Crippen LogP contribution in [0.2, 0.25) is 20.1 Å². The highest BCUT2D eigenvalue weighted by Crippen LogP contribution is 2.30. The first kappa shape index (κ1) is 25.0. The molecular weight excluding hydrogens is 511 g/mol. The first-order valence-corrected chi connectivity index (χ1v) is 10.7. The van der Waals surface area contributed by atoms with Crippen LogP contribution in [0.5, 0.6) is 0 Å². The monoisotopic (exact) mass is 525 g/mol. The molecule has 0 saturated carbocycles. The zero-order valence-corrected chi connectivity index (χ0v) is 19.1. The van der Waals surface area contributed by atoms with Gasteiger partial charge in [-0.1, -0.05) is 46.4 Å². The summed E-state index contributed by atoms with van der Waals surface area (Å²) in [7, 11) is 0. The molecular formula is C20H16Cl4FNO6. The molecule has 1 aliphatic rings. The topological polar surface area (TPSA) is 94.1 Å². The van der Waals surface area contributed by atoms with Gasteiger partial charge in [-0.3, -0.25) is 0 Å². The molecule has 1 aliphatic heterocycles. The number of halogens is 5. The maximum absolute atomic E-state index is 14.9. The van der Waals surface area contributed by atoms with Crippen LogP contribution in [-0.2, 0) is 14.2 Å². The number of hydrogen-bond acceptors (Lipinski definition) is 7. The maximum atomic E-state index is 14.9. The van der Waals surface area contributed by atoms with Crippen molar-refractivity contribution in [3.05, 3.63) is 67.6 Å². The molecule has 12 heteroatoms. The lowest BCUT2D eigenvalue weighted by Crippen LogP contribution is -2.38. The van der Waals surface area contributed by atoms with Gasteiger partial charge in [0.25, 0.3) is 0 Å². The fraction of sp³-hybridized carbons (Fsp3) is 0.300. The summed E-state index contributed by atoms with van der Waals surface area (Å²) in [6, 6.07) is 8.30. The van der Waals surface area contributed by atoms with Crippen molar-refractivity contribution in [1.82, 2.24) is 5.48 Å².